The smallest absolute Gasteiger partial charge is 0.310 e. The van der Waals surface area contributed by atoms with Crippen LogP contribution in [0.5, 0.6) is 0 Å². The Hall–Kier alpha value is -1.91. The largest absolute Gasteiger partial charge is 0.457 e. The average molecular weight is 341 g/mol. The number of hydrogen-bond donors (Lipinski definition) is 0. The highest BCUT2D eigenvalue weighted by Gasteiger charge is 2.15. The topological polar surface area (TPSA) is 43.4 Å². The summed E-state index contributed by atoms with van der Waals surface area (Å²) in [4.78, 5) is 23.5. The van der Waals surface area contributed by atoms with Gasteiger partial charge in [0.2, 0.25) is 0 Å². The van der Waals surface area contributed by atoms with Crippen molar-refractivity contribution in [3.63, 3.8) is 0 Å². The third-order valence-electron chi connectivity index (χ3n) is 2.91. The van der Waals surface area contributed by atoms with E-state index in [1.807, 2.05) is 0 Å². The van der Waals surface area contributed by atoms with Gasteiger partial charge in [-0.05, 0) is 36.4 Å². The van der Waals surface area contributed by atoms with E-state index in [-0.39, 0.29) is 22.8 Å². The van der Waals surface area contributed by atoms with Gasteiger partial charge in [-0.15, -0.1) is 0 Å². The summed E-state index contributed by atoms with van der Waals surface area (Å²) in [6.45, 7) is -0.424. The molecule has 0 atom stereocenters. The number of ether oxygens (including phenoxy) is 1. The van der Waals surface area contributed by atoms with E-state index < -0.39 is 18.4 Å². The molecule has 3 nitrogen and oxygen atoms in total. The van der Waals surface area contributed by atoms with Crippen molar-refractivity contribution in [3.05, 3.63) is 69.5 Å². The molecule has 0 N–H and O–H groups in total. The quantitative estimate of drug-likeness (QED) is 0.607. The Morgan fingerprint density at radius 3 is 2.36 bits per heavy atom. The van der Waals surface area contributed by atoms with Crippen molar-refractivity contribution in [2.75, 3.05) is 6.61 Å². The molecule has 0 unspecified atom stereocenters. The lowest BCUT2D eigenvalue weighted by Crippen LogP contribution is -2.16. The normalized spacial score (nSPS) is 10.3. The van der Waals surface area contributed by atoms with Crippen LogP contribution >= 0.6 is 23.2 Å². The molecule has 0 aliphatic carbocycles. The highest BCUT2D eigenvalue weighted by Crippen LogP contribution is 2.19. The predicted octanol–water partition coefficient (Wildman–Crippen LogP) is 4.10. The maximum Gasteiger partial charge on any atom is 0.310 e. The van der Waals surface area contributed by atoms with Gasteiger partial charge in [0.25, 0.3) is 0 Å². The third kappa shape index (κ3) is 4.29. The van der Waals surface area contributed by atoms with Gasteiger partial charge < -0.3 is 4.74 Å². The summed E-state index contributed by atoms with van der Waals surface area (Å²) in [6.07, 6.45) is -0.334. The molecule has 0 amide bonds. The SMILES string of the molecule is O=C(Cc1c(F)cccc1Cl)OCC(=O)c1ccc(Cl)cc1. The maximum atomic E-state index is 13.5. The first-order valence-corrected chi connectivity index (χ1v) is 7.10. The summed E-state index contributed by atoms with van der Waals surface area (Å²) in [5, 5.41) is 0.642. The van der Waals surface area contributed by atoms with Crippen molar-refractivity contribution in [2.45, 2.75) is 6.42 Å². The van der Waals surface area contributed by atoms with Crippen molar-refractivity contribution < 1.29 is 18.7 Å². The van der Waals surface area contributed by atoms with Gasteiger partial charge in [0, 0.05) is 21.2 Å². The minimum absolute atomic E-state index is 0.0492. The Labute approximate surface area is 136 Å². The lowest BCUT2D eigenvalue weighted by atomic mass is 10.1. The van der Waals surface area contributed by atoms with Crippen LogP contribution in [-0.2, 0) is 16.0 Å². The van der Waals surface area contributed by atoms with Crippen LogP contribution in [0.3, 0.4) is 0 Å². The second kappa shape index (κ2) is 7.38. The minimum Gasteiger partial charge on any atom is -0.457 e. The first-order chi connectivity index (χ1) is 10.5. The molecule has 0 aliphatic rings. The van der Waals surface area contributed by atoms with Crippen LogP contribution in [-0.4, -0.2) is 18.4 Å². The van der Waals surface area contributed by atoms with Crippen LogP contribution in [0.4, 0.5) is 4.39 Å². The number of halogens is 3. The van der Waals surface area contributed by atoms with Gasteiger partial charge in [-0.2, -0.15) is 0 Å². The first kappa shape index (κ1) is 16.5. The van der Waals surface area contributed by atoms with Gasteiger partial charge in [0.05, 0.1) is 6.42 Å². The number of hydrogen-bond acceptors (Lipinski definition) is 3. The lowest BCUT2D eigenvalue weighted by molar-refractivity contribution is -0.141. The van der Waals surface area contributed by atoms with E-state index in [9.17, 15) is 14.0 Å². The molecule has 6 heteroatoms. The molecule has 2 rings (SSSR count). The van der Waals surface area contributed by atoms with Gasteiger partial charge in [-0.1, -0.05) is 29.3 Å². The number of benzene rings is 2. The minimum atomic E-state index is -0.727. The van der Waals surface area contributed by atoms with E-state index in [1.165, 1.54) is 30.3 Å². The summed E-state index contributed by atoms with van der Waals surface area (Å²) >= 11 is 11.5. The molecule has 0 aromatic heterocycles. The monoisotopic (exact) mass is 340 g/mol. The Bertz CT molecular complexity index is 679. The highest BCUT2D eigenvalue weighted by molar-refractivity contribution is 6.31. The van der Waals surface area contributed by atoms with Gasteiger partial charge >= 0.3 is 5.97 Å². The van der Waals surface area contributed by atoms with E-state index in [0.29, 0.717) is 10.6 Å². The van der Waals surface area contributed by atoms with E-state index in [0.717, 1.165) is 0 Å². The van der Waals surface area contributed by atoms with Crippen LogP contribution in [0, 0.1) is 5.82 Å². The molecule has 22 heavy (non-hydrogen) atoms. The van der Waals surface area contributed by atoms with Crippen molar-refractivity contribution in [3.8, 4) is 0 Å². The van der Waals surface area contributed by atoms with Crippen LogP contribution in [0.25, 0.3) is 0 Å². The number of esters is 1. The van der Waals surface area contributed by atoms with Crippen LogP contribution in [0.1, 0.15) is 15.9 Å². The van der Waals surface area contributed by atoms with E-state index in [1.54, 1.807) is 12.1 Å². The zero-order valence-electron chi connectivity index (χ0n) is 11.3. The lowest BCUT2D eigenvalue weighted by Gasteiger charge is -2.07. The summed E-state index contributed by atoms with van der Waals surface area (Å²) in [6, 6.07) is 10.3. The zero-order chi connectivity index (χ0) is 16.1. The number of rotatable bonds is 5. The van der Waals surface area contributed by atoms with Crippen molar-refractivity contribution in [1.82, 2.24) is 0 Å². The fourth-order valence-corrected chi connectivity index (χ4v) is 2.12. The van der Waals surface area contributed by atoms with Crippen LogP contribution in [0.2, 0.25) is 10.0 Å². The Morgan fingerprint density at radius 2 is 1.73 bits per heavy atom. The molecule has 0 aliphatic heterocycles. The van der Waals surface area contributed by atoms with Crippen molar-refractivity contribution in [1.29, 1.82) is 0 Å². The average Bonchev–Trinajstić information content (AvgIpc) is 2.49. The summed E-state index contributed by atoms with van der Waals surface area (Å²) in [5.74, 6) is -1.69. The third-order valence-corrected chi connectivity index (χ3v) is 3.52. The Kier molecular flexibility index (Phi) is 5.52. The van der Waals surface area contributed by atoms with E-state index in [2.05, 4.69) is 0 Å². The second-order valence-corrected chi connectivity index (χ2v) is 5.31. The molecule has 0 saturated carbocycles. The molecule has 0 fully saturated rings. The molecule has 0 saturated heterocycles. The number of carbonyl (C=O) groups is 2. The Morgan fingerprint density at radius 1 is 1.05 bits per heavy atom. The number of carbonyl (C=O) groups excluding carboxylic acids is 2. The zero-order valence-corrected chi connectivity index (χ0v) is 12.8. The summed E-state index contributed by atoms with van der Waals surface area (Å²) in [7, 11) is 0. The molecular formula is C16H11Cl2FO3. The van der Waals surface area contributed by atoms with Gasteiger partial charge in [0.15, 0.2) is 12.4 Å². The fourth-order valence-electron chi connectivity index (χ4n) is 1.76. The number of ketones is 1. The molecule has 2 aromatic rings. The molecular weight excluding hydrogens is 330 g/mol. The highest BCUT2D eigenvalue weighted by atomic mass is 35.5. The molecule has 0 spiro atoms. The second-order valence-electron chi connectivity index (χ2n) is 4.47. The molecule has 2 aromatic carbocycles. The molecule has 114 valence electrons. The number of Topliss-reactive ketones (excluding diaryl/α,β-unsaturated/α-hetero) is 1. The van der Waals surface area contributed by atoms with Gasteiger partial charge in [-0.3, -0.25) is 9.59 Å². The maximum absolute atomic E-state index is 13.5. The van der Waals surface area contributed by atoms with E-state index >= 15 is 0 Å². The van der Waals surface area contributed by atoms with Gasteiger partial charge in [0.1, 0.15) is 5.82 Å². The van der Waals surface area contributed by atoms with E-state index in [4.69, 9.17) is 27.9 Å². The van der Waals surface area contributed by atoms with Crippen LogP contribution in [0.15, 0.2) is 42.5 Å². The van der Waals surface area contributed by atoms with Crippen molar-refractivity contribution in [2.24, 2.45) is 0 Å². The first-order valence-electron chi connectivity index (χ1n) is 6.34. The van der Waals surface area contributed by atoms with Crippen molar-refractivity contribution >= 4 is 35.0 Å². The summed E-state index contributed by atoms with van der Waals surface area (Å²) < 4.78 is 18.4. The molecule has 0 heterocycles. The fraction of sp³-hybridized carbons (Fsp3) is 0.125. The molecule has 0 bridgehead atoms. The van der Waals surface area contributed by atoms with Gasteiger partial charge in [-0.25, -0.2) is 4.39 Å². The van der Waals surface area contributed by atoms with Crippen LogP contribution < -0.4 is 0 Å². The molecule has 0 radical (unpaired) electrons. The summed E-state index contributed by atoms with van der Waals surface area (Å²) in [5.41, 5.74) is 0.425. The predicted molar refractivity (Wildman–Crippen MR) is 81.9 cm³/mol. The Balaban J connectivity index is 1.93. The standard InChI is InChI=1S/C16H11Cl2FO3/c17-11-6-4-10(5-7-11)15(20)9-22-16(21)8-12-13(18)2-1-3-14(12)19/h1-7H,8-9H2.